The van der Waals surface area contributed by atoms with Crippen molar-refractivity contribution in [2.75, 3.05) is 6.54 Å². The first-order chi connectivity index (χ1) is 6.72. The molecule has 0 atom stereocenters. The van der Waals surface area contributed by atoms with Crippen LogP contribution in [0.5, 0.6) is 0 Å². The Morgan fingerprint density at radius 3 is 2.57 bits per heavy atom. The van der Waals surface area contributed by atoms with E-state index >= 15 is 0 Å². The maximum absolute atomic E-state index is 11.3. The second-order valence-electron chi connectivity index (χ2n) is 3.97. The van der Waals surface area contributed by atoms with E-state index < -0.39 is 0 Å². The first-order valence-corrected chi connectivity index (χ1v) is 5.40. The van der Waals surface area contributed by atoms with Gasteiger partial charge in [-0.15, -0.1) is 0 Å². The van der Waals surface area contributed by atoms with E-state index in [9.17, 15) is 9.90 Å². The highest BCUT2D eigenvalue weighted by Gasteiger charge is 2.20. The van der Waals surface area contributed by atoms with Gasteiger partial charge < -0.3 is 16.2 Å². The molecular formula is C10H20N2O2. The number of aliphatic hydroxyl groups excluding tert-OH is 1. The summed E-state index contributed by atoms with van der Waals surface area (Å²) in [5, 5.41) is 12.2. The van der Waals surface area contributed by atoms with Crippen LogP contribution in [0, 0.1) is 0 Å². The molecular weight excluding hydrogens is 180 g/mol. The first kappa shape index (κ1) is 11.5. The Kier molecular flexibility index (Phi) is 4.90. The van der Waals surface area contributed by atoms with Crippen LogP contribution in [0.1, 0.15) is 38.5 Å². The van der Waals surface area contributed by atoms with Crippen molar-refractivity contribution < 1.29 is 9.90 Å². The number of nitrogens with one attached hydrogen (secondary N) is 1. The summed E-state index contributed by atoms with van der Waals surface area (Å²) >= 11 is 0. The third-order valence-corrected chi connectivity index (χ3v) is 2.67. The second kappa shape index (κ2) is 5.98. The molecule has 4 heteroatoms. The van der Waals surface area contributed by atoms with Gasteiger partial charge in [-0.2, -0.15) is 0 Å². The number of hydrogen-bond acceptors (Lipinski definition) is 3. The van der Waals surface area contributed by atoms with Crippen LogP contribution in [0.25, 0.3) is 0 Å². The Balaban J connectivity index is 2.14. The molecule has 0 aromatic carbocycles. The lowest BCUT2D eigenvalue weighted by Crippen LogP contribution is -2.38. The zero-order chi connectivity index (χ0) is 10.4. The molecule has 0 aromatic rings. The molecule has 14 heavy (non-hydrogen) atoms. The minimum absolute atomic E-state index is 0.0943. The maximum Gasteiger partial charge on any atom is 0.220 e. The third kappa shape index (κ3) is 4.07. The molecule has 1 aliphatic rings. The van der Waals surface area contributed by atoms with Gasteiger partial charge in [-0.05, 0) is 38.6 Å². The van der Waals surface area contributed by atoms with Crippen molar-refractivity contribution in [2.45, 2.75) is 50.7 Å². The van der Waals surface area contributed by atoms with Gasteiger partial charge in [0.05, 0.1) is 6.10 Å². The summed E-state index contributed by atoms with van der Waals surface area (Å²) in [5.41, 5.74) is 5.32. The van der Waals surface area contributed by atoms with Crippen LogP contribution in [0.15, 0.2) is 0 Å². The van der Waals surface area contributed by atoms with Crippen molar-refractivity contribution in [3.63, 3.8) is 0 Å². The van der Waals surface area contributed by atoms with Crippen LogP contribution in [-0.4, -0.2) is 29.7 Å². The highest BCUT2D eigenvalue weighted by atomic mass is 16.3. The van der Waals surface area contributed by atoms with Crippen LogP contribution in [0.3, 0.4) is 0 Å². The Labute approximate surface area is 84.9 Å². The molecule has 1 aliphatic carbocycles. The molecule has 0 radical (unpaired) electrons. The van der Waals surface area contributed by atoms with Crippen molar-refractivity contribution in [1.29, 1.82) is 0 Å². The van der Waals surface area contributed by atoms with Gasteiger partial charge >= 0.3 is 0 Å². The van der Waals surface area contributed by atoms with Crippen LogP contribution < -0.4 is 11.1 Å². The highest BCUT2D eigenvalue weighted by Crippen LogP contribution is 2.18. The van der Waals surface area contributed by atoms with E-state index in [1.807, 2.05) is 0 Å². The Hall–Kier alpha value is -0.610. The quantitative estimate of drug-likeness (QED) is 0.604. The van der Waals surface area contributed by atoms with Crippen LogP contribution >= 0.6 is 0 Å². The molecule has 82 valence electrons. The Bertz CT molecular complexity index is 177. The predicted molar refractivity (Wildman–Crippen MR) is 54.7 cm³/mol. The lowest BCUT2D eigenvalue weighted by atomic mass is 9.93. The summed E-state index contributed by atoms with van der Waals surface area (Å²) in [4.78, 5) is 11.3. The minimum atomic E-state index is -0.160. The lowest BCUT2D eigenvalue weighted by molar-refractivity contribution is -0.122. The number of rotatable bonds is 4. The Morgan fingerprint density at radius 1 is 1.36 bits per heavy atom. The largest absolute Gasteiger partial charge is 0.393 e. The second-order valence-corrected chi connectivity index (χ2v) is 3.97. The van der Waals surface area contributed by atoms with Gasteiger partial charge in [0, 0.05) is 12.5 Å². The van der Waals surface area contributed by atoms with Gasteiger partial charge in [-0.3, -0.25) is 4.79 Å². The molecule has 1 amide bonds. The third-order valence-electron chi connectivity index (χ3n) is 2.67. The average molecular weight is 200 g/mol. The summed E-state index contributed by atoms with van der Waals surface area (Å²) in [6, 6.07) is 0.267. The number of amides is 1. The molecule has 4 N–H and O–H groups in total. The SMILES string of the molecule is NCCCC(=O)NC1CCC(O)CC1. The maximum atomic E-state index is 11.3. The molecule has 1 saturated carbocycles. The summed E-state index contributed by atoms with van der Waals surface area (Å²) in [7, 11) is 0. The molecule has 1 rings (SSSR count). The lowest BCUT2D eigenvalue weighted by Gasteiger charge is -2.26. The van der Waals surface area contributed by atoms with Crippen LogP contribution in [0.4, 0.5) is 0 Å². The molecule has 0 heterocycles. The number of carbonyl (C=O) groups excluding carboxylic acids is 1. The monoisotopic (exact) mass is 200 g/mol. The molecule has 0 bridgehead atoms. The summed E-state index contributed by atoms with van der Waals surface area (Å²) in [6.07, 6.45) is 4.53. The fourth-order valence-corrected chi connectivity index (χ4v) is 1.78. The van der Waals surface area contributed by atoms with Crippen molar-refractivity contribution >= 4 is 5.91 Å². The fraction of sp³-hybridized carbons (Fsp3) is 0.900. The van der Waals surface area contributed by atoms with E-state index in [1.165, 1.54) is 0 Å². The summed E-state index contributed by atoms with van der Waals surface area (Å²) in [5.74, 6) is 0.0943. The Morgan fingerprint density at radius 2 is 2.00 bits per heavy atom. The minimum Gasteiger partial charge on any atom is -0.393 e. The summed E-state index contributed by atoms with van der Waals surface area (Å²) < 4.78 is 0. The zero-order valence-corrected chi connectivity index (χ0v) is 8.54. The van der Waals surface area contributed by atoms with E-state index in [0.717, 1.165) is 32.1 Å². The molecule has 0 saturated heterocycles. The molecule has 1 fully saturated rings. The molecule has 4 nitrogen and oxygen atoms in total. The topological polar surface area (TPSA) is 75.4 Å². The molecule has 0 aromatic heterocycles. The smallest absolute Gasteiger partial charge is 0.220 e. The fourth-order valence-electron chi connectivity index (χ4n) is 1.78. The molecule has 0 spiro atoms. The van der Waals surface area contributed by atoms with Crippen molar-refractivity contribution in [1.82, 2.24) is 5.32 Å². The van der Waals surface area contributed by atoms with E-state index in [2.05, 4.69) is 5.32 Å². The normalized spacial score (nSPS) is 27.3. The standard InChI is InChI=1S/C10H20N2O2/c11-7-1-2-10(14)12-8-3-5-9(13)6-4-8/h8-9,13H,1-7,11H2,(H,12,14). The van der Waals surface area contributed by atoms with E-state index in [-0.39, 0.29) is 18.1 Å². The van der Waals surface area contributed by atoms with Gasteiger partial charge in [-0.25, -0.2) is 0 Å². The number of carbonyl (C=O) groups is 1. The van der Waals surface area contributed by atoms with Crippen LogP contribution in [-0.2, 0) is 4.79 Å². The van der Waals surface area contributed by atoms with Gasteiger partial charge in [0.2, 0.25) is 5.91 Å². The number of hydrogen-bond donors (Lipinski definition) is 3. The summed E-state index contributed by atoms with van der Waals surface area (Å²) in [6.45, 7) is 0.566. The molecule has 0 aliphatic heterocycles. The van der Waals surface area contributed by atoms with Crippen molar-refractivity contribution in [3.05, 3.63) is 0 Å². The van der Waals surface area contributed by atoms with Crippen LogP contribution in [0.2, 0.25) is 0 Å². The van der Waals surface area contributed by atoms with Crippen molar-refractivity contribution in [3.8, 4) is 0 Å². The van der Waals surface area contributed by atoms with Gasteiger partial charge in [0.1, 0.15) is 0 Å². The number of aliphatic hydroxyl groups is 1. The van der Waals surface area contributed by atoms with Gasteiger partial charge in [-0.1, -0.05) is 0 Å². The van der Waals surface area contributed by atoms with Gasteiger partial charge in [0.25, 0.3) is 0 Å². The van der Waals surface area contributed by atoms with Gasteiger partial charge in [0.15, 0.2) is 0 Å². The van der Waals surface area contributed by atoms with E-state index in [1.54, 1.807) is 0 Å². The van der Waals surface area contributed by atoms with E-state index in [0.29, 0.717) is 13.0 Å². The van der Waals surface area contributed by atoms with E-state index in [4.69, 9.17) is 5.73 Å². The van der Waals surface area contributed by atoms with Crippen molar-refractivity contribution in [2.24, 2.45) is 5.73 Å². The predicted octanol–water partition coefficient (Wildman–Crippen LogP) is 0.145. The average Bonchev–Trinajstić information content (AvgIpc) is 2.18. The first-order valence-electron chi connectivity index (χ1n) is 5.40. The number of nitrogens with two attached hydrogens (primary N) is 1. The highest BCUT2D eigenvalue weighted by molar-refractivity contribution is 5.76. The zero-order valence-electron chi connectivity index (χ0n) is 8.54. The molecule has 0 unspecified atom stereocenters.